The maximum Gasteiger partial charge on any atom is 0.449 e. The second-order valence-corrected chi connectivity index (χ2v) is 9.97. The van der Waals surface area contributed by atoms with Crippen molar-refractivity contribution in [2.75, 3.05) is 54.5 Å². The number of carboxylic acid groups (broad SMARTS) is 1. The molecule has 2 aromatic rings. The van der Waals surface area contributed by atoms with Crippen LogP contribution in [0, 0.1) is 0 Å². The smallest absolute Gasteiger partial charge is 0.449 e. The standard InChI is InChI=1S/C20H24F2N6O.C3H3F3O.C3H4F2O2/c21-20(22)13-1-2-17(24-10-13)25-18-8-15(28-12-14-7-16(28)11-23-14)9-19(26-18)27-3-5-29-6-4-27;1-2(7)3(4,5)6;1-3(4,5)2(6)7/h1-2,8-10,14,16,20,23H,3-7,11-12H2,(H,24,25,26);1H3;1H3,(H,6,7). The second kappa shape index (κ2) is 14.2. The van der Waals surface area contributed by atoms with E-state index >= 15 is 0 Å². The molecule has 0 saturated carbocycles. The Morgan fingerprint density at radius 2 is 1.74 bits per heavy atom. The molecule has 0 amide bonds. The third kappa shape index (κ3) is 9.91. The first kappa shape index (κ1) is 33.8. The lowest BCUT2D eigenvalue weighted by atomic mass is 10.2. The van der Waals surface area contributed by atoms with Crippen LogP contribution >= 0.6 is 0 Å². The van der Waals surface area contributed by atoms with Crippen LogP contribution < -0.4 is 20.4 Å². The van der Waals surface area contributed by atoms with E-state index in [-0.39, 0.29) is 5.56 Å². The van der Waals surface area contributed by atoms with Gasteiger partial charge in [0.1, 0.15) is 17.5 Å². The normalized spacial score (nSPS) is 19.8. The van der Waals surface area contributed by atoms with E-state index in [4.69, 9.17) is 14.8 Å². The van der Waals surface area contributed by atoms with E-state index in [0.29, 0.717) is 50.8 Å². The van der Waals surface area contributed by atoms with Crippen LogP contribution in [0.2, 0.25) is 0 Å². The SMILES string of the molecule is CC(=O)C(F)(F)F.CC(F)(F)C(=O)O.FC(F)c1ccc(Nc2cc(N3CC4CC3CN4)cc(N3CCOCC3)n2)nc1. The summed E-state index contributed by atoms with van der Waals surface area (Å²) in [5.74, 6) is -5.37. The monoisotopic (exact) mass is 624 g/mol. The maximum absolute atomic E-state index is 12.8. The summed E-state index contributed by atoms with van der Waals surface area (Å²) in [6.07, 6.45) is -4.80. The Morgan fingerprint density at radius 3 is 2.19 bits per heavy atom. The van der Waals surface area contributed by atoms with E-state index < -0.39 is 30.3 Å². The van der Waals surface area contributed by atoms with Crippen LogP contribution in [0.4, 0.5) is 53.9 Å². The largest absolute Gasteiger partial charge is 0.477 e. The van der Waals surface area contributed by atoms with Crippen LogP contribution in [0.3, 0.4) is 0 Å². The summed E-state index contributed by atoms with van der Waals surface area (Å²) in [5.41, 5.74) is 1.04. The number of aromatic nitrogens is 2. The highest BCUT2D eigenvalue weighted by atomic mass is 19.4. The Bertz CT molecular complexity index is 1210. The van der Waals surface area contributed by atoms with Gasteiger partial charge in [0.05, 0.1) is 13.2 Å². The molecule has 238 valence electrons. The Morgan fingerprint density at radius 1 is 1.12 bits per heavy atom. The van der Waals surface area contributed by atoms with Gasteiger partial charge in [-0.1, -0.05) is 0 Å². The van der Waals surface area contributed by atoms with Gasteiger partial charge in [0.15, 0.2) is 0 Å². The average molecular weight is 625 g/mol. The van der Waals surface area contributed by atoms with Gasteiger partial charge in [-0.25, -0.2) is 23.5 Å². The lowest BCUT2D eigenvalue weighted by molar-refractivity contribution is -0.168. The Hall–Kier alpha value is -3.73. The Balaban J connectivity index is 0.000000303. The van der Waals surface area contributed by atoms with Crippen molar-refractivity contribution in [3.05, 3.63) is 36.0 Å². The van der Waals surface area contributed by atoms with Gasteiger partial charge >= 0.3 is 18.1 Å². The number of nitrogens with one attached hydrogen (secondary N) is 2. The number of Topliss-reactive ketones (excluding diaryl/α,β-unsaturated/α-hetero) is 1. The number of piperazine rings is 1. The summed E-state index contributed by atoms with van der Waals surface area (Å²) in [4.78, 5) is 32.2. The predicted molar refractivity (Wildman–Crippen MR) is 142 cm³/mol. The number of ether oxygens (including phenoxy) is 1. The molecule has 0 aliphatic carbocycles. The fourth-order valence-electron chi connectivity index (χ4n) is 4.30. The number of fused-ring (bicyclic) bond motifs is 2. The van der Waals surface area contributed by atoms with E-state index in [1.54, 1.807) is 6.07 Å². The number of pyridine rings is 2. The van der Waals surface area contributed by atoms with Gasteiger partial charge in [0.25, 0.3) is 6.43 Å². The van der Waals surface area contributed by atoms with Gasteiger partial charge in [-0.3, -0.25) is 4.79 Å². The van der Waals surface area contributed by atoms with Crippen LogP contribution in [-0.2, 0) is 14.3 Å². The van der Waals surface area contributed by atoms with Crippen molar-refractivity contribution in [2.24, 2.45) is 0 Å². The zero-order chi connectivity index (χ0) is 31.9. The zero-order valence-electron chi connectivity index (χ0n) is 23.2. The first-order valence-electron chi connectivity index (χ1n) is 13.1. The van der Waals surface area contributed by atoms with E-state index in [0.717, 1.165) is 44.1 Å². The third-order valence-corrected chi connectivity index (χ3v) is 6.59. The number of ketones is 1. The number of hydrogen-bond acceptors (Lipinski definition) is 9. The molecular weight excluding hydrogens is 593 g/mol. The molecule has 3 saturated heterocycles. The van der Waals surface area contributed by atoms with Gasteiger partial charge in [0, 0.05) is 81.7 Å². The number of carbonyl (C=O) groups excluding carboxylic acids is 1. The average Bonchev–Trinajstić information content (AvgIpc) is 3.58. The zero-order valence-corrected chi connectivity index (χ0v) is 23.2. The van der Waals surface area contributed by atoms with Crippen LogP contribution in [0.15, 0.2) is 30.5 Å². The molecule has 3 N–H and O–H groups in total. The van der Waals surface area contributed by atoms with Crippen molar-refractivity contribution in [3.8, 4) is 0 Å². The Labute approximate surface area is 242 Å². The predicted octanol–water partition coefficient (Wildman–Crippen LogP) is 4.41. The summed E-state index contributed by atoms with van der Waals surface area (Å²) >= 11 is 0. The number of carboxylic acids is 1. The fourth-order valence-corrected chi connectivity index (χ4v) is 4.30. The highest BCUT2D eigenvalue weighted by Crippen LogP contribution is 2.34. The third-order valence-electron chi connectivity index (χ3n) is 6.59. The van der Waals surface area contributed by atoms with E-state index in [2.05, 4.69) is 31.5 Å². The fraction of sp³-hybridized carbons (Fsp3) is 0.538. The molecule has 3 fully saturated rings. The van der Waals surface area contributed by atoms with Gasteiger partial charge in [-0.15, -0.1) is 0 Å². The van der Waals surface area contributed by atoms with Crippen molar-refractivity contribution in [3.63, 3.8) is 0 Å². The number of nitrogens with zero attached hydrogens (tertiary/aromatic N) is 4. The number of morpholine rings is 1. The van der Waals surface area contributed by atoms with E-state index in [1.165, 1.54) is 12.3 Å². The molecule has 5 rings (SSSR count). The topological polar surface area (TPSA) is 120 Å². The number of anilines is 4. The number of rotatable bonds is 6. The molecule has 0 spiro atoms. The summed E-state index contributed by atoms with van der Waals surface area (Å²) < 4.78 is 86.0. The van der Waals surface area contributed by atoms with Crippen molar-refractivity contribution in [1.29, 1.82) is 0 Å². The van der Waals surface area contributed by atoms with Crippen molar-refractivity contribution in [1.82, 2.24) is 15.3 Å². The summed E-state index contributed by atoms with van der Waals surface area (Å²) in [6, 6.07) is 8.15. The lowest BCUT2D eigenvalue weighted by Crippen LogP contribution is -2.43. The van der Waals surface area contributed by atoms with Crippen LogP contribution in [0.5, 0.6) is 0 Å². The second-order valence-electron chi connectivity index (χ2n) is 9.97. The quantitative estimate of drug-likeness (QED) is 0.399. The number of halogens is 7. The van der Waals surface area contributed by atoms with Crippen molar-refractivity contribution >= 4 is 34.9 Å². The number of carbonyl (C=O) groups is 2. The van der Waals surface area contributed by atoms with Gasteiger partial charge in [-0.05, 0) is 18.6 Å². The molecule has 3 aliphatic rings. The van der Waals surface area contributed by atoms with Crippen LogP contribution in [0.1, 0.15) is 32.3 Å². The molecular formula is C26H31F7N6O4. The lowest BCUT2D eigenvalue weighted by Gasteiger charge is -2.32. The number of hydrogen-bond donors (Lipinski definition) is 3. The molecule has 2 aromatic heterocycles. The molecule has 2 unspecified atom stereocenters. The van der Waals surface area contributed by atoms with Crippen molar-refractivity contribution < 1.29 is 50.2 Å². The first-order valence-corrected chi connectivity index (χ1v) is 13.1. The summed E-state index contributed by atoms with van der Waals surface area (Å²) in [5, 5.41) is 14.2. The molecule has 0 aromatic carbocycles. The number of aliphatic carboxylic acids is 1. The molecule has 2 bridgehead atoms. The molecule has 10 nitrogen and oxygen atoms in total. The van der Waals surface area contributed by atoms with Gasteiger partial charge in [0.2, 0.25) is 5.78 Å². The molecule has 0 radical (unpaired) electrons. The van der Waals surface area contributed by atoms with Gasteiger partial charge < -0.3 is 30.3 Å². The summed E-state index contributed by atoms with van der Waals surface area (Å²) in [6.45, 7) is 5.76. The molecule has 5 heterocycles. The minimum atomic E-state index is -4.64. The minimum absolute atomic E-state index is 0.0909. The molecule has 3 aliphatic heterocycles. The summed E-state index contributed by atoms with van der Waals surface area (Å²) in [7, 11) is 0. The van der Waals surface area contributed by atoms with Crippen LogP contribution in [0.25, 0.3) is 0 Å². The highest BCUT2D eigenvalue weighted by molar-refractivity contribution is 5.81. The first-order chi connectivity index (χ1) is 20.0. The van der Waals surface area contributed by atoms with E-state index in [1.807, 2.05) is 6.07 Å². The minimum Gasteiger partial charge on any atom is -0.477 e. The number of alkyl halides is 7. The maximum atomic E-state index is 12.8. The highest BCUT2D eigenvalue weighted by Gasteiger charge is 2.38. The van der Waals surface area contributed by atoms with Gasteiger partial charge in [-0.2, -0.15) is 22.0 Å². The van der Waals surface area contributed by atoms with Crippen molar-refractivity contribution in [2.45, 2.75) is 50.9 Å². The molecule has 17 heteroatoms. The van der Waals surface area contributed by atoms with E-state index in [9.17, 15) is 40.3 Å². The van der Waals surface area contributed by atoms with Crippen LogP contribution in [-0.4, -0.2) is 90.4 Å². The molecule has 43 heavy (non-hydrogen) atoms. The molecule has 2 atom stereocenters. The Kier molecular flexibility index (Phi) is 11.1.